The van der Waals surface area contributed by atoms with Crippen LogP contribution in [0.3, 0.4) is 0 Å². The van der Waals surface area contributed by atoms with Crippen LogP contribution in [-0.2, 0) is 6.54 Å². The third-order valence-corrected chi connectivity index (χ3v) is 5.05. The first-order chi connectivity index (χ1) is 12.7. The van der Waals surface area contributed by atoms with Crippen molar-refractivity contribution >= 4 is 7.12 Å². The predicted octanol–water partition coefficient (Wildman–Crippen LogP) is 2.77. The Balaban J connectivity index is 1.69. The average Bonchev–Trinajstić information content (AvgIpc) is 2.59. The van der Waals surface area contributed by atoms with E-state index in [-0.39, 0.29) is 11.8 Å². The van der Waals surface area contributed by atoms with Crippen LogP contribution in [0.25, 0.3) is 0 Å². The van der Waals surface area contributed by atoms with Crippen LogP contribution in [0.15, 0.2) is 24.3 Å². The van der Waals surface area contributed by atoms with Crippen molar-refractivity contribution < 1.29 is 28.0 Å². The number of unbranched alkanes of at least 4 members (excludes halogenated alkanes) is 1. The monoisotopic (exact) mass is 388 g/mol. The highest BCUT2D eigenvalue weighted by Gasteiger charge is 2.31. The van der Waals surface area contributed by atoms with Crippen LogP contribution in [0.4, 0.5) is 13.2 Å². The summed E-state index contributed by atoms with van der Waals surface area (Å²) >= 11 is 0. The molecule has 1 unspecified atom stereocenters. The normalized spacial score (nSPS) is 17.7. The molecule has 1 atom stereocenters. The Morgan fingerprint density at radius 2 is 1.78 bits per heavy atom. The summed E-state index contributed by atoms with van der Waals surface area (Å²) < 4.78 is 40.4. The van der Waals surface area contributed by atoms with Gasteiger partial charge in [-0.25, -0.2) is 0 Å². The van der Waals surface area contributed by atoms with Crippen molar-refractivity contribution in [2.45, 2.75) is 57.4 Å². The lowest BCUT2D eigenvalue weighted by atomic mass is 9.82. The van der Waals surface area contributed by atoms with Gasteiger partial charge >= 0.3 is 13.5 Å². The molecule has 2 rings (SSSR count). The first-order valence-corrected chi connectivity index (χ1v) is 9.41. The summed E-state index contributed by atoms with van der Waals surface area (Å²) in [6.07, 6.45) is 0.262. The molecule has 5 nitrogen and oxygen atoms in total. The highest BCUT2D eigenvalue weighted by atomic mass is 19.4. The average molecular weight is 388 g/mol. The minimum absolute atomic E-state index is 0.127. The van der Waals surface area contributed by atoms with Crippen molar-refractivity contribution in [2.75, 3.05) is 13.1 Å². The first kappa shape index (κ1) is 22.0. The topological polar surface area (TPSA) is 79.0 Å². The van der Waals surface area contributed by atoms with Crippen LogP contribution in [0.1, 0.15) is 37.7 Å². The summed E-state index contributed by atoms with van der Waals surface area (Å²) in [6, 6.07) is 6.13. The zero-order chi connectivity index (χ0) is 19.9. The van der Waals surface area contributed by atoms with E-state index in [1.54, 1.807) is 12.1 Å². The summed E-state index contributed by atoms with van der Waals surface area (Å²) in [4.78, 5) is 2.28. The minimum Gasteiger partial charge on any atom is -0.427 e. The lowest BCUT2D eigenvalue weighted by molar-refractivity contribution is -0.274. The molecule has 27 heavy (non-hydrogen) atoms. The first-order valence-electron chi connectivity index (χ1n) is 9.41. The van der Waals surface area contributed by atoms with E-state index < -0.39 is 13.5 Å². The Labute approximate surface area is 158 Å². The van der Waals surface area contributed by atoms with Crippen molar-refractivity contribution in [1.29, 1.82) is 0 Å². The number of halogens is 3. The molecular formula is C18H28BF3N2O3. The number of likely N-dealkylation sites (tertiary alicyclic amines) is 1. The molecule has 1 aromatic carbocycles. The van der Waals surface area contributed by atoms with Gasteiger partial charge in [0.2, 0.25) is 0 Å². The Bertz CT molecular complexity index is 550. The Kier molecular flexibility index (Phi) is 8.41. The Hall–Kier alpha value is -1.29. The van der Waals surface area contributed by atoms with Crippen molar-refractivity contribution in [3.63, 3.8) is 0 Å². The molecule has 0 amide bonds. The number of benzene rings is 1. The molecule has 1 heterocycles. The number of alkyl halides is 3. The van der Waals surface area contributed by atoms with Gasteiger partial charge < -0.3 is 20.5 Å². The van der Waals surface area contributed by atoms with E-state index in [9.17, 15) is 13.2 Å². The number of nitrogens with zero attached hydrogens (tertiary/aromatic N) is 1. The van der Waals surface area contributed by atoms with Gasteiger partial charge in [-0.2, -0.15) is 0 Å². The van der Waals surface area contributed by atoms with Gasteiger partial charge in [-0.3, -0.25) is 4.90 Å². The van der Waals surface area contributed by atoms with Gasteiger partial charge in [0.15, 0.2) is 0 Å². The van der Waals surface area contributed by atoms with Gasteiger partial charge in [0.25, 0.3) is 0 Å². The third kappa shape index (κ3) is 8.51. The van der Waals surface area contributed by atoms with Crippen molar-refractivity contribution in [3.8, 4) is 5.75 Å². The van der Waals surface area contributed by atoms with Crippen LogP contribution < -0.4 is 10.5 Å². The summed E-state index contributed by atoms with van der Waals surface area (Å²) in [6.45, 7) is 2.52. The van der Waals surface area contributed by atoms with Crippen LogP contribution >= 0.6 is 0 Å². The fourth-order valence-corrected chi connectivity index (χ4v) is 3.54. The molecule has 9 heteroatoms. The molecule has 152 valence electrons. The summed E-state index contributed by atoms with van der Waals surface area (Å²) in [5.41, 5.74) is 7.23. The van der Waals surface area contributed by atoms with E-state index in [1.807, 2.05) is 0 Å². The zero-order valence-electron chi connectivity index (χ0n) is 15.4. The van der Waals surface area contributed by atoms with E-state index in [2.05, 4.69) is 9.64 Å². The molecule has 4 N–H and O–H groups in total. The molecule has 0 aromatic heterocycles. The van der Waals surface area contributed by atoms with Crippen molar-refractivity contribution in [3.05, 3.63) is 29.8 Å². The van der Waals surface area contributed by atoms with Crippen LogP contribution in [0.5, 0.6) is 5.75 Å². The second-order valence-corrected chi connectivity index (χ2v) is 7.23. The maximum absolute atomic E-state index is 12.2. The van der Waals surface area contributed by atoms with Crippen LogP contribution in [0.2, 0.25) is 6.32 Å². The van der Waals surface area contributed by atoms with Gasteiger partial charge in [0.05, 0.1) is 0 Å². The molecule has 0 bridgehead atoms. The van der Waals surface area contributed by atoms with Gasteiger partial charge in [0, 0.05) is 12.6 Å². The largest absolute Gasteiger partial charge is 0.573 e. The molecule has 0 saturated carbocycles. The second-order valence-electron chi connectivity index (χ2n) is 7.23. The number of ether oxygens (including phenoxy) is 1. The molecule has 1 aromatic rings. The lowest BCUT2D eigenvalue weighted by Gasteiger charge is -2.35. The standard InChI is InChI=1S/C18H28BF3N2O3/c20-18(21,22)27-16-6-4-14(5-7-16)13-24-11-8-15(9-12-24)17(23)3-1-2-10-19(25)26/h4-7,15,17,25-26H,1-3,8-13,23H2. The van der Waals surface area contributed by atoms with Crippen molar-refractivity contribution in [2.24, 2.45) is 11.7 Å². The molecular weight excluding hydrogens is 360 g/mol. The van der Waals surface area contributed by atoms with E-state index in [0.29, 0.717) is 18.8 Å². The summed E-state index contributed by atoms with van der Waals surface area (Å²) in [7, 11) is -1.24. The molecule has 1 fully saturated rings. The number of piperidine rings is 1. The van der Waals surface area contributed by atoms with E-state index in [4.69, 9.17) is 15.8 Å². The van der Waals surface area contributed by atoms with Gasteiger partial charge in [-0.05, 0) is 62.3 Å². The highest BCUT2D eigenvalue weighted by molar-refractivity contribution is 6.40. The number of hydrogen-bond donors (Lipinski definition) is 3. The van der Waals surface area contributed by atoms with Gasteiger partial charge in [-0.15, -0.1) is 13.2 Å². The van der Waals surface area contributed by atoms with E-state index in [1.165, 1.54) is 12.1 Å². The summed E-state index contributed by atoms with van der Waals surface area (Å²) in [5.74, 6) is 0.257. The van der Waals surface area contributed by atoms with Gasteiger partial charge in [-0.1, -0.05) is 25.0 Å². The minimum atomic E-state index is -4.67. The zero-order valence-corrected chi connectivity index (χ0v) is 15.4. The second kappa shape index (κ2) is 10.3. The fourth-order valence-electron chi connectivity index (χ4n) is 3.54. The smallest absolute Gasteiger partial charge is 0.427 e. The Morgan fingerprint density at radius 1 is 1.15 bits per heavy atom. The molecule has 1 aliphatic rings. The molecule has 1 aliphatic heterocycles. The molecule has 0 spiro atoms. The molecule has 1 saturated heterocycles. The summed E-state index contributed by atoms with van der Waals surface area (Å²) in [5, 5.41) is 17.7. The maximum Gasteiger partial charge on any atom is 0.573 e. The lowest BCUT2D eigenvalue weighted by Crippen LogP contribution is -2.40. The Morgan fingerprint density at radius 3 is 2.33 bits per heavy atom. The number of nitrogens with two attached hydrogens (primary N) is 1. The predicted molar refractivity (Wildman–Crippen MR) is 98.0 cm³/mol. The van der Waals surface area contributed by atoms with Crippen LogP contribution in [-0.4, -0.2) is 47.6 Å². The highest BCUT2D eigenvalue weighted by Crippen LogP contribution is 2.26. The quantitative estimate of drug-likeness (QED) is 0.448. The van der Waals surface area contributed by atoms with E-state index >= 15 is 0 Å². The van der Waals surface area contributed by atoms with E-state index in [0.717, 1.165) is 50.8 Å². The van der Waals surface area contributed by atoms with Crippen LogP contribution in [0, 0.1) is 5.92 Å². The maximum atomic E-state index is 12.2. The SMILES string of the molecule is NC(CCCCB(O)O)C1CCN(Cc2ccc(OC(F)(F)F)cc2)CC1. The van der Waals surface area contributed by atoms with Crippen molar-refractivity contribution in [1.82, 2.24) is 4.90 Å². The fraction of sp³-hybridized carbons (Fsp3) is 0.667. The third-order valence-electron chi connectivity index (χ3n) is 5.05. The molecule has 0 radical (unpaired) electrons. The van der Waals surface area contributed by atoms with Gasteiger partial charge in [0.1, 0.15) is 5.75 Å². The number of hydrogen-bond acceptors (Lipinski definition) is 5. The number of rotatable bonds is 9. The molecule has 0 aliphatic carbocycles.